The molecule has 2 heterocycles. The molecule has 2 N–H and O–H groups in total. The van der Waals surface area contributed by atoms with Gasteiger partial charge in [0.25, 0.3) is 5.91 Å². The number of thiazole rings is 1. The Morgan fingerprint density at radius 2 is 1.90 bits per heavy atom. The molecule has 8 heteroatoms. The Balaban J connectivity index is 1.47. The van der Waals surface area contributed by atoms with Crippen LogP contribution in [0.5, 0.6) is 0 Å². The summed E-state index contributed by atoms with van der Waals surface area (Å²) in [7, 11) is 1.75. The molecule has 0 bridgehead atoms. The predicted octanol–water partition coefficient (Wildman–Crippen LogP) is 3.89. The third-order valence-electron chi connectivity index (χ3n) is 4.86. The van der Waals surface area contributed by atoms with Crippen LogP contribution in [0.3, 0.4) is 0 Å². The van der Waals surface area contributed by atoms with E-state index in [1.54, 1.807) is 36.0 Å². The van der Waals surface area contributed by atoms with Crippen molar-refractivity contribution in [2.24, 2.45) is 7.05 Å². The minimum Gasteiger partial charge on any atom is -0.348 e. The van der Waals surface area contributed by atoms with Crippen LogP contribution in [0.15, 0.2) is 71.7 Å². The largest absolute Gasteiger partial charge is 0.348 e. The molecule has 0 spiro atoms. The normalized spacial score (nSPS) is 10.6. The standard InChI is InChI=1S/C23H21N5O2S/c1-15-20(31-23(30)28(15)2)19-11-12-24-22(27-19)26-18-10-6-7-16(13-18)14-25-21(29)17-8-4-3-5-9-17/h3-13H,14H2,1-2H3,(H,25,29)(H,24,26,27). The van der Waals surface area contributed by atoms with Crippen molar-refractivity contribution in [1.29, 1.82) is 0 Å². The van der Waals surface area contributed by atoms with Gasteiger partial charge in [0.15, 0.2) is 0 Å². The van der Waals surface area contributed by atoms with Gasteiger partial charge >= 0.3 is 4.87 Å². The highest BCUT2D eigenvalue weighted by atomic mass is 32.1. The van der Waals surface area contributed by atoms with Crippen LogP contribution >= 0.6 is 11.3 Å². The molecule has 156 valence electrons. The molecule has 0 radical (unpaired) electrons. The van der Waals surface area contributed by atoms with Crippen molar-refractivity contribution in [3.05, 3.63) is 93.3 Å². The van der Waals surface area contributed by atoms with Gasteiger partial charge in [-0.2, -0.15) is 0 Å². The lowest BCUT2D eigenvalue weighted by molar-refractivity contribution is 0.0951. The van der Waals surface area contributed by atoms with Crippen molar-refractivity contribution in [3.8, 4) is 10.6 Å². The molecule has 0 aliphatic rings. The van der Waals surface area contributed by atoms with E-state index < -0.39 is 0 Å². The average molecular weight is 432 g/mol. The van der Waals surface area contributed by atoms with Crippen molar-refractivity contribution < 1.29 is 4.79 Å². The number of carbonyl (C=O) groups is 1. The number of nitrogens with zero attached hydrogens (tertiary/aromatic N) is 3. The number of aromatic nitrogens is 3. The molecule has 0 aliphatic heterocycles. The Bertz CT molecular complexity index is 1280. The SMILES string of the molecule is Cc1c(-c2ccnc(Nc3cccc(CNC(=O)c4ccccc4)c3)n2)sc(=O)n1C. The van der Waals surface area contributed by atoms with Crippen LogP contribution in [0.25, 0.3) is 10.6 Å². The smallest absolute Gasteiger partial charge is 0.307 e. The molecule has 1 amide bonds. The Kier molecular flexibility index (Phi) is 5.90. The predicted molar refractivity (Wildman–Crippen MR) is 123 cm³/mol. The molecule has 0 aliphatic carbocycles. The topological polar surface area (TPSA) is 88.9 Å². The summed E-state index contributed by atoms with van der Waals surface area (Å²) in [6.45, 7) is 2.30. The Morgan fingerprint density at radius 1 is 1.10 bits per heavy atom. The quantitative estimate of drug-likeness (QED) is 0.484. The van der Waals surface area contributed by atoms with Crippen LogP contribution in [0.2, 0.25) is 0 Å². The number of anilines is 2. The zero-order valence-electron chi connectivity index (χ0n) is 17.1. The van der Waals surface area contributed by atoms with Gasteiger partial charge in [0.2, 0.25) is 5.95 Å². The average Bonchev–Trinajstić information content (AvgIpc) is 3.06. The van der Waals surface area contributed by atoms with E-state index in [0.717, 1.165) is 21.8 Å². The number of nitrogens with one attached hydrogen (secondary N) is 2. The van der Waals surface area contributed by atoms with Gasteiger partial charge in [0.05, 0.1) is 10.6 Å². The van der Waals surface area contributed by atoms with Gasteiger partial charge in [-0.05, 0) is 42.8 Å². The molecule has 0 saturated carbocycles. The third-order valence-corrected chi connectivity index (χ3v) is 6.01. The summed E-state index contributed by atoms with van der Waals surface area (Å²) in [5.41, 5.74) is 3.95. The fourth-order valence-electron chi connectivity index (χ4n) is 3.06. The van der Waals surface area contributed by atoms with Crippen LogP contribution in [-0.4, -0.2) is 20.4 Å². The van der Waals surface area contributed by atoms with E-state index in [2.05, 4.69) is 20.6 Å². The first kappa shape index (κ1) is 20.5. The summed E-state index contributed by atoms with van der Waals surface area (Å²) >= 11 is 1.17. The van der Waals surface area contributed by atoms with Crippen LogP contribution in [0.1, 0.15) is 21.6 Å². The van der Waals surface area contributed by atoms with E-state index in [0.29, 0.717) is 23.8 Å². The molecule has 7 nitrogen and oxygen atoms in total. The number of benzene rings is 2. The molecule has 4 aromatic rings. The Morgan fingerprint density at radius 3 is 2.65 bits per heavy atom. The van der Waals surface area contributed by atoms with Crippen molar-refractivity contribution in [1.82, 2.24) is 19.9 Å². The molecule has 0 unspecified atom stereocenters. The maximum absolute atomic E-state index is 12.2. The molecule has 4 rings (SSSR count). The fourth-order valence-corrected chi connectivity index (χ4v) is 4.02. The van der Waals surface area contributed by atoms with Gasteiger partial charge in [-0.15, -0.1) is 0 Å². The molecular weight excluding hydrogens is 410 g/mol. The first-order valence-electron chi connectivity index (χ1n) is 9.70. The summed E-state index contributed by atoms with van der Waals surface area (Å²) < 4.78 is 1.61. The number of rotatable bonds is 6. The maximum Gasteiger partial charge on any atom is 0.307 e. The van der Waals surface area contributed by atoms with Gasteiger partial charge in [0, 0.05) is 36.7 Å². The van der Waals surface area contributed by atoms with Gasteiger partial charge in [0.1, 0.15) is 0 Å². The van der Waals surface area contributed by atoms with Crippen LogP contribution in [-0.2, 0) is 13.6 Å². The van der Waals surface area contributed by atoms with Gasteiger partial charge in [-0.25, -0.2) is 9.97 Å². The van der Waals surface area contributed by atoms with Crippen molar-refractivity contribution >= 4 is 28.9 Å². The van der Waals surface area contributed by atoms with Crippen LogP contribution in [0.4, 0.5) is 11.6 Å². The van der Waals surface area contributed by atoms with Gasteiger partial charge < -0.3 is 15.2 Å². The lowest BCUT2D eigenvalue weighted by atomic mass is 10.2. The van der Waals surface area contributed by atoms with E-state index in [4.69, 9.17) is 0 Å². The first-order chi connectivity index (χ1) is 15.0. The van der Waals surface area contributed by atoms with Crippen LogP contribution in [0, 0.1) is 6.92 Å². The minimum atomic E-state index is -0.118. The van der Waals surface area contributed by atoms with Crippen molar-refractivity contribution in [2.45, 2.75) is 13.5 Å². The van der Waals surface area contributed by atoms with E-state index in [1.807, 2.05) is 49.4 Å². The van der Waals surface area contributed by atoms with Gasteiger partial charge in [-0.1, -0.05) is 41.7 Å². The highest BCUT2D eigenvalue weighted by molar-refractivity contribution is 7.13. The summed E-state index contributed by atoms with van der Waals surface area (Å²) in [6, 6.07) is 18.6. The summed E-state index contributed by atoms with van der Waals surface area (Å²) in [4.78, 5) is 33.8. The molecule has 31 heavy (non-hydrogen) atoms. The lowest BCUT2D eigenvalue weighted by Gasteiger charge is -2.09. The number of carbonyl (C=O) groups excluding carboxylic acids is 1. The summed E-state index contributed by atoms with van der Waals surface area (Å²) in [6.07, 6.45) is 1.66. The third kappa shape index (κ3) is 4.70. The Hall–Kier alpha value is -3.78. The molecule has 0 saturated heterocycles. The molecule has 0 atom stereocenters. The zero-order valence-corrected chi connectivity index (χ0v) is 17.9. The van der Waals surface area contributed by atoms with Gasteiger partial charge in [-0.3, -0.25) is 9.59 Å². The van der Waals surface area contributed by atoms with E-state index in [-0.39, 0.29) is 10.8 Å². The fraction of sp³-hybridized carbons (Fsp3) is 0.130. The molecular formula is C23H21N5O2S. The maximum atomic E-state index is 12.2. The minimum absolute atomic E-state index is 0.0223. The molecule has 0 fully saturated rings. The highest BCUT2D eigenvalue weighted by Gasteiger charge is 2.12. The second kappa shape index (κ2) is 8.93. The van der Waals surface area contributed by atoms with Crippen molar-refractivity contribution in [2.75, 3.05) is 5.32 Å². The zero-order chi connectivity index (χ0) is 21.8. The Labute approximate surface area is 183 Å². The van der Waals surface area contributed by atoms with E-state index >= 15 is 0 Å². The van der Waals surface area contributed by atoms with Crippen molar-refractivity contribution in [3.63, 3.8) is 0 Å². The number of amides is 1. The molecule has 2 aromatic carbocycles. The second-order valence-corrected chi connectivity index (χ2v) is 7.94. The summed E-state index contributed by atoms with van der Waals surface area (Å²) in [5.74, 6) is 0.318. The van der Waals surface area contributed by atoms with Crippen LogP contribution < -0.4 is 15.5 Å². The van der Waals surface area contributed by atoms with E-state index in [1.165, 1.54) is 11.3 Å². The first-order valence-corrected chi connectivity index (χ1v) is 10.5. The second-order valence-electron chi connectivity index (χ2n) is 6.98. The summed E-state index contributed by atoms with van der Waals surface area (Å²) in [5, 5.41) is 6.12. The lowest BCUT2D eigenvalue weighted by Crippen LogP contribution is -2.22. The number of hydrogen-bond acceptors (Lipinski definition) is 6. The monoisotopic (exact) mass is 431 g/mol. The molecule has 2 aromatic heterocycles. The van der Waals surface area contributed by atoms with E-state index in [9.17, 15) is 9.59 Å². The number of hydrogen-bond donors (Lipinski definition) is 2. The highest BCUT2D eigenvalue weighted by Crippen LogP contribution is 2.25.